The second-order valence-electron chi connectivity index (χ2n) is 6.08. The van der Waals surface area contributed by atoms with Crippen LogP contribution in [0.3, 0.4) is 0 Å². The van der Waals surface area contributed by atoms with Crippen molar-refractivity contribution in [3.05, 3.63) is 66.4 Å². The van der Waals surface area contributed by atoms with Crippen LogP contribution in [-0.4, -0.2) is 21.6 Å². The van der Waals surface area contributed by atoms with Crippen LogP contribution >= 0.6 is 11.8 Å². The number of thioether (sulfide) groups is 1. The lowest BCUT2D eigenvalue weighted by Gasteiger charge is -2.08. The second kappa shape index (κ2) is 8.03. The van der Waals surface area contributed by atoms with Gasteiger partial charge in [-0.1, -0.05) is 68.1 Å². The van der Waals surface area contributed by atoms with Gasteiger partial charge in [-0.15, -0.1) is 0 Å². The molecule has 2 aromatic carbocycles. The number of rotatable bonds is 6. The third-order valence-corrected chi connectivity index (χ3v) is 4.73. The Balaban J connectivity index is 1.53. The molecule has 0 saturated heterocycles. The number of aromatic amines is 1. The Morgan fingerprint density at radius 2 is 1.84 bits per heavy atom. The molecule has 1 aromatic heterocycles. The predicted molar refractivity (Wildman–Crippen MR) is 104 cm³/mol. The maximum Gasteiger partial charge on any atom is 0.234 e. The number of hydrogen-bond donors (Lipinski definition) is 2. The first-order valence-electron chi connectivity index (χ1n) is 8.25. The lowest BCUT2D eigenvalue weighted by atomic mass is 10.0. The zero-order chi connectivity index (χ0) is 17.6. The smallest absolute Gasteiger partial charge is 0.234 e. The summed E-state index contributed by atoms with van der Waals surface area (Å²) >= 11 is 1.39. The number of nitrogens with zero attached hydrogens (tertiary/aromatic N) is 1. The Labute approximate surface area is 152 Å². The topological polar surface area (TPSA) is 57.8 Å². The van der Waals surface area contributed by atoms with Crippen LogP contribution in [-0.2, 0) is 4.79 Å². The molecule has 2 N–H and O–H groups in total. The van der Waals surface area contributed by atoms with Crippen LogP contribution in [0.4, 0.5) is 5.69 Å². The Bertz CT molecular complexity index is 826. The second-order valence-corrected chi connectivity index (χ2v) is 7.05. The number of amides is 1. The summed E-state index contributed by atoms with van der Waals surface area (Å²) in [5, 5.41) is 3.66. The first kappa shape index (κ1) is 17.3. The van der Waals surface area contributed by atoms with E-state index >= 15 is 0 Å². The largest absolute Gasteiger partial charge is 0.333 e. The molecule has 0 saturated carbocycles. The number of carbonyl (C=O) groups excluding carboxylic acids is 1. The molecule has 0 atom stereocenters. The number of imidazole rings is 1. The van der Waals surface area contributed by atoms with Crippen molar-refractivity contribution in [2.45, 2.75) is 24.9 Å². The summed E-state index contributed by atoms with van der Waals surface area (Å²) in [4.78, 5) is 19.7. The quantitative estimate of drug-likeness (QED) is 0.619. The number of aromatic nitrogens is 2. The zero-order valence-corrected chi connectivity index (χ0v) is 15.1. The van der Waals surface area contributed by atoms with Crippen molar-refractivity contribution < 1.29 is 4.79 Å². The number of carbonyl (C=O) groups is 1. The predicted octanol–water partition coefficient (Wildman–Crippen LogP) is 4.93. The van der Waals surface area contributed by atoms with E-state index in [1.54, 1.807) is 6.20 Å². The molecule has 5 heteroatoms. The molecule has 3 aromatic rings. The van der Waals surface area contributed by atoms with E-state index in [0.29, 0.717) is 11.7 Å². The molecule has 4 nitrogen and oxygen atoms in total. The van der Waals surface area contributed by atoms with Crippen LogP contribution in [0.1, 0.15) is 25.3 Å². The van der Waals surface area contributed by atoms with E-state index in [1.165, 1.54) is 17.3 Å². The summed E-state index contributed by atoms with van der Waals surface area (Å²) in [6, 6.07) is 18.0. The van der Waals surface area contributed by atoms with Crippen molar-refractivity contribution in [1.29, 1.82) is 0 Å². The number of anilines is 1. The summed E-state index contributed by atoms with van der Waals surface area (Å²) < 4.78 is 0. The maximum atomic E-state index is 12.1. The molecule has 0 spiro atoms. The number of hydrogen-bond acceptors (Lipinski definition) is 3. The number of H-pyrrole nitrogens is 1. The van der Waals surface area contributed by atoms with Gasteiger partial charge < -0.3 is 10.3 Å². The van der Waals surface area contributed by atoms with Crippen molar-refractivity contribution in [2.75, 3.05) is 11.1 Å². The molecule has 3 rings (SSSR count). The molecule has 0 aliphatic carbocycles. The van der Waals surface area contributed by atoms with Crippen LogP contribution in [0, 0.1) is 0 Å². The van der Waals surface area contributed by atoms with Crippen molar-refractivity contribution >= 4 is 23.4 Å². The van der Waals surface area contributed by atoms with Gasteiger partial charge in [-0.25, -0.2) is 4.98 Å². The normalized spacial score (nSPS) is 10.8. The molecular weight excluding hydrogens is 330 g/mol. The summed E-state index contributed by atoms with van der Waals surface area (Å²) in [6.45, 7) is 4.30. The Hall–Kier alpha value is -2.53. The lowest BCUT2D eigenvalue weighted by molar-refractivity contribution is -0.113. The van der Waals surface area contributed by atoms with E-state index in [4.69, 9.17) is 0 Å². The fraction of sp³-hybridized carbons (Fsp3) is 0.200. The van der Waals surface area contributed by atoms with Crippen molar-refractivity contribution in [3.8, 4) is 11.3 Å². The van der Waals surface area contributed by atoms with E-state index in [2.05, 4.69) is 29.1 Å². The van der Waals surface area contributed by atoms with Crippen molar-refractivity contribution in [1.82, 2.24) is 9.97 Å². The van der Waals surface area contributed by atoms with Crippen LogP contribution in [0.25, 0.3) is 11.3 Å². The van der Waals surface area contributed by atoms with Gasteiger partial charge in [0.1, 0.15) is 0 Å². The van der Waals surface area contributed by atoms with Gasteiger partial charge >= 0.3 is 0 Å². The third kappa shape index (κ3) is 4.73. The molecule has 0 aliphatic rings. The highest BCUT2D eigenvalue weighted by Crippen LogP contribution is 2.22. The van der Waals surface area contributed by atoms with Gasteiger partial charge in [-0.2, -0.15) is 0 Å². The molecule has 1 amide bonds. The van der Waals surface area contributed by atoms with Gasteiger partial charge in [0.15, 0.2) is 5.16 Å². The zero-order valence-electron chi connectivity index (χ0n) is 14.3. The van der Waals surface area contributed by atoms with Gasteiger partial charge in [0.05, 0.1) is 17.6 Å². The maximum absolute atomic E-state index is 12.1. The van der Waals surface area contributed by atoms with Gasteiger partial charge in [0, 0.05) is 5.69 Å². The third-order valence-electron chi connectivity index (χ3n) is 3.84. The number of benzene rings is 2. The molecule has 128 valence electrons. The van der Waals surface area contributed by atoms with Crippen molar-refractivity contribution in [2.24, 2.45) is 0 Å². The van der Waals surface area contributed by atoms with Gasteiger partial charge in [0.2, 0.25) is 5.91 Å². The van der Waals surface area contributed by atoms with E-state index < -0.39 is 0 Å². The summed E-state index contributed by atoms with van der Waals surface area (Å²) in [5.41, 5.74) is 4.11. The van der Waals surface area contributed by atoms with Crippen molar-refractivity contribution in [3.63, 3.8) is 0 Å². The van der Waals surface area contributed by atoms with E-state index in [0.717, 1.165) is 22.1 Å². The summed E-state index contributed by atoms with van der Waals surface area (Å²) in [7, 11) is 0. The van der Waals surface area contributed by atoms with E-state index in [-0.39, 0.29) is 5.91 Å². The van der Waals surface area contributed by atoms with Gasteiger partial charge in [-0.3, -0.25) is 4.79 Å². The average Bonchev–Trinajstić information content (AvgIpc) is 3.10. The Morgan fingerprint density at radius 3 is 2.52 bits per heavy atom. The molecular formula is C20H21N3OS. The summed E-state index contributed by atoms with van der Waals surface area (Å²) in [6.07, 6.45) is 1.79. The summed E-state index contributed by atoms with van der Waals surface area (Å²) in [5.74, 6) is 0.756. The Morgan fingerprint density at radius 1 is 1.12 bits per heavy atom. The Kier molecular flexibility index (Phi) is 5.56. The standard InChI is InChI=1S/C20H21N3OS/c1-14(2)15-8-10-17(11-9-15)22-19(24)13-25-20-21-12-18(23-20)16-6-4-3-5-7-16/h3-12,14H,13H2,1-2H3,(H,21,23)(H,22,24). The van der Waals surface area contributed by atoms with Crippen LogP contribution in [0.15, 0.2) is 66.0 Å². The highest BCUT2D eigenvalue weighted by molar-refractivity contribution is 7.99. The highest BCUT2D eigenvalue weighted by Gasteiger charge is 2.08. The van der Waals surface area contributed by atoms with E-state index in [9.17, 15) is 4.79 Å². The van der Waals surface area contributed by atoms with Crippen LogP contribution in [0.2, 0.25) is 0 Å². The number of nitrogens with one attached hydrogen (secondary N) is 2. The molecule has 1 heterocycles. The SMILES string of the molecule is CC(C)c1ccc(NC(=O)CSc2ncc(-c3ccccc3)[nH]2)cc1. The first-order chi connectivity index (χ1) is 12.1. The lowest BCUT2D eigenvalue weighted by Crippen LogP contribution is -2.14. The molecule has 0 fully saturated rings. The molecule has 0 unspecified atom stereocenters. The van der Waals surface area contributed by atoms with Crippen LogP contribution in [0.5, 0.6) is 0 Å². The molecule has 0 bridgehead atoms. The van der Waals surface area contributed by atoms with Gasteiger partial charge in [-0.05, 0) is 29.2 Å². The highest BCUT2D eigenvalue weighted by atomic mass is 32.2. The van der Waals surface area contributed by atoms with Gasteiger partial charge in [0.25, 0.3) is 0 Å². The first-order valence-corrected chi connectivity index (χ1v) is 9.23. The van der Waals surface area contributed by atoms with Crippen LogP contribution < -0.4 is 5.32 Å². The average molecular weight is 351 g/mol. The van der Waals surface area contributed by atoms with E-state index in [1.807, 2.05) is 54.6 Å². The molecule has 0 aliphatic heterocycles. The fourth-order valence-corrected chi connectivity index (χ4v) is 3.07. The molecule has 0 radical (unpaired) electrons. The fourth-order valence-electron chi connectivity index (χ4n) is 2.42. The molecule has 25 heavy (non-hydrogen) atoms. The minimum atomic E-state index is -0.0417. The monoisotopic (exact) mass is 351 g/mol. The minimum absolute atomic E-state index is 0.0417. The minimum Gasteiger partial charge on any atom is -0.333 e.